The first-order valence-corrected chi connectivity index (χ1v) is 7.02. The van der Waals surface area contributed by atoms with Crippen molar-refractivity contribution in [2.45, 2.75) is 0 Å². The predicted molar refractivity (Wildman–Crippen MR) is 81.2 cm³/mol. The highest BCUT2D eigenvalue weighted by molar-refractivity contribution is 9.10. The van der Waals surface area contributed by atoms with Gasteiger partial charge in [0.2, 0.25) is 0 Å². The first-order valence-electron chi connectivity index (χ1n) is 6.23. The molecule has 3 rings (SSSR count). The molecule has 0 aliphatic heterocycles. The van der Waals surface area contributed by atoms with Crippen molar-refractivity contribution in [3.05, 3.63) is 64.6 Å². The van der Waals surface area contributed by atoms with Gasteiger partial charge < -0.3 is 5.32 Å². The summed E-state index contributed by atoms with van der Waals surface area (Å²) in [6.45, 7) is 0. The molecule has 1 aromatic heterocycles. The van der Waals surface area contributed by atoms with Crippen LogP contribution in [0.25, 0.3) is 5.69 Å². The second kappa shape index (κ2) is 6.02. The minimum absolute atomic E-state index is 0.353. The number of amides is 1. The fourth-order valence-corrected chi connectivity index (χ4v) is 2.29. The van der Waals surface area contributed by atoms with Gasteiger partial charge in [-0.3, -0.25) is 4.79 Å². The molecule has 0 atom stereocenters. The van der Waals surface area contributed by atoms with Gasteiger partial charge >= 0.3 is 0 Å². The zero-order valence-electron chi connectivity index (χ0n) is 11.1. The van der Waals surface area contributed by atoms with E-state index in [1.54, 1.807) is 24.3 Å². The lowest BCUT2D eigenvalue weighted by Gasteiger charge is -2.10. The molecular weight excluding hydrogens is 353 g/mol. The van der Waals surface area contributed by atoms with Crippen LogP contribution in [0.1, 0.15) is 10.4 Å². The zero-order valence-corrected chi connectivity index (χ0v) is 12.7. The normalized spacial score (nSPS) is 10.5. The Morgan fingerprint density at radius 1 is 1.23 bits per heavy atom. The van der Waals surface area contributed by atoms with Crippen LogP contribution in [-0.4, -0.2) is 26.1 Å². The molecule has 8 heteroatoms. The molecule has 0 aliphatic rings. The van der Waals surface area contributed by atoms with E-state index in [1.807, 2.05) is 0 Å². The Morgan fingerprint density at radius 3 is 2.82 bits per heavy atom. The number of halogens is 2. The summed E-state index contributed by atoms with van der Waals surface area (Å²) in [6, 6.07) is 10.8. The van der Waals surface area contributed by atoms with Crippen molar-refractivity contribution < 1.29 is 9.18 Å². The number of carbonyl (C=O) groups excluding carboxylic acids is 1. The van der Waals surface area contributed by atoms with Crippen LogP contribution in [0.5, 0.6) is 0 Å². The van der Waals surface area contributed by atoms with Crippen molar-refractivity contribution in [1.29, 1.82) is 0 Å². The molecule has 110 valence electrons. The average Bonchev–Trinajstić information content (AvgIpc) is 3.01. The summed E-state index contributed by atoms with van der Waals surface area (Å²) in [6.07, 6.45) is 1.39. The molecule has 2 aromatic carbocycles. The van der Waals surface area contributed by atoms with E-state index >= 15 is 0 Å². The SMILES string of the molecule is O=C(Nc1cccc(F)c1)c1cc(Br)ccc1-n1cnnn1. The lowest BCUT2D eigenvalue weighted by molar-refractivity contribution is 0.102. The molecule has 22 heavy (non-hydrogen) atoms. The molecule has 0 saturated carbocycles. The highest BCUT2D eigenvalue weighted by Gasteiger charge is 2.15. The number of hydrogen-bond donors (Lipinski definition) is 1. The quantitative estimate of drug-likeness (QED) is 0.778. The van der Waals surface area contributed by atoms with Crippen LogP contribution < -0.4 is 5.32 Å². The van der Waals surface area contributed by atoms with Gasteiger partial charge in [-0.2, -0.15) is 4.68 Å². The van der Waals surface area contributed by atoms with E-state index in [4.69, 9.17) is 0 Å². The Morgan fingerprint density at radius 2 is 2.09 bits per heavy atom. The van der Waals surface area contributed by atoms with Crippen molar-refractivity contribution >= 4 is 27.5 Å². The first kappa shape index (κ1) is 14.3. The van der Waals surface area contributed by atoms with E-state index in [9.17, 15) is 9.18 Å². The van der Waals surface area contributed by atoms with Gasteiger partial charge in [-0.1, -0.05) is 22.0 Å². The van der Waals surface area contributed by atoms with E-state index in [2.05, 4.69) is 36.8 Å². The number of nitrogens with one attached hydrogen (secondary N) is 1. The Hall–Kier alpha value is -2.61. The molecule has 6 nitrogen and oxygen atoms in total. The maximum Gasteiger partial charge on any atom is 0.257 e. The second-order valence-electron chi connectivity index (χ2n) is 4.38. The van der Waals surface area contributed by atoms with Crippen molar-refractivity contribution in [3.63, 3.8) is 0 Å². The molecule has 0 spiro atoms. The second-order valence-corrected chi connectivity index (χ2v) is 5.30. The van der Waals surface area contributed by atoms with Crippen LogP contribution in [0.4, 0.5) is 10.1 Å². The molecule has 0 unspecified atom stereocenters. The number of hydrogen-bond acceptors (Lipinski definition) is 4. The molecule has 0 bridgehead atoms. The Labute approximate surface area is 133 Å². The number of tetrazole rings is 1. The minimum atomic E-state index is -0.423. The number of anilines is 1. The maximum atomic E-state index is 13.2. The molecule has 1 N–H and O–H groups in total. The van der Waals surface area contributed by atoms with E-state index in [1.165, 1.54) is 29.2 Å². The monoisotopic (exact) mass is 361 g/mol. The largest absolute Gasteiger partial charge is 0.322 e. The molecule has 0 fully saturated rings. The van der Waals surface area contributed by atoms with Gasteiger partial charge in [0.1, 0.15) is 12.1 Å². The van der Waals surface area contributed by atoms with Crippen LogP contribution in [0.15, 0.2) is 53.3 Å². The minimum Gasteiger partial charge on any atom is -0.322 e. The molecule has 1 heterocycles. The summed E-state index contributed by atoms with van der Waals surface area (Å²) in [5.41, 5.74) is 1.24. The van der Waals surface area contributed by atoms with E-state index < -0.39 is 11.7 Å². The summed E-state index contributed by atoms with van der Waals surface area (Å²) in [5.74, 6) is -0.815. The van der Waals surface area contributed by atoms with Crippen LogP contribution in [0, 0.1) is 5.82 Å². The third-order valence-corrected chi connectivity index (χ3v) is 3.37. The maximum absolute atomic E-state index is 13.2. The van der Waals surface area contributed by atoms with Crippen LogP contribution in [0.3, 0.4) is 0 Å². The number of rotatable bonds is 3. The molecular formula is C14H9BrFN5O. The van der Waals surface area contributed by atoms with Gasteiger partial charge in [0.25, 0.3) is 5.91 Å². The van der Waals surface area contributed by atoms with E-state index in [-0.39, 0.29) is 0 Å². The molecule has 3 aromatic rings. The van der Waals surface area contributed by atoms with Gasteiger partial charge in [0.05, 0.1) is 11.3 Å². The fourth-order valence-electron chi connectivity index (χ4n) is 1.93. The standard InChI is InChI=1S/C14H9BrFN5O/c15-9-4-5-13(21-8-17-19-20-21)12(6-9)14(22)18-11-3-1-2-10(16)7-11/h1-8H,(H,18,22). The fraction of sp³-hybridized carbons (Fsp3) is 0. The summed E-state index contributed by atoms with van der Waals surface area (Å²) >= 11 is 3.32. The molecule has 0 radical (unpaired) electrons. The van der Waals surface area contributed by atoms with E-state index in [0.29, 0.717) is 16.9 Å². The van der Waals surface area contributed by atoms with Crippen LogP contribution in [-0.2, 0) is 0 Å². The Balaban J connectivity index is 1.97. The summed E-state index contributed by atoms with van der Waals surface area (Å²) in [7, 11) is 0. The third-order valence-electron chi connectivity index (χ3n) is 2.88. The number of aromatic nitrogens is 4. The summed E-state index contributed by atoms with van der Waals surface area (Å²) < 4.78 is 15.3. The zero-order chi connectivity index (χ0) is 15.5. The lowest BCUT2D eigenvalue weighted by Crippen LogP contribution is -2.15. The van der Waals surface area contributed by atoms with Crippen molar-refractivity contribution in [3.8, 4) is 5.69 Å². The third kappa shape index (κ3) is 3.01. The molecule has 1 amide bonds. The average molecular weight is 362 g/mol. The van der Waals surface area contributed by atoms with Gasteiger partial charge in [-0.15, -0.1) is 5.10 Å². The van der Waals surface area contributed by atoms with Crippen molar-refractivity contribution in [2.24, 2.45) is 0 Å². The van der Waals surface area contributed by atoms with Gasteiger partial charge in [-0.25, -0.2) is 4.39 Å². The van der Waals surface area contributed by atoms with E-state index in [0.717, 1.165) is 4.47 Å². The topological polar surface area (TPSA) is 72.7 Å². The number of nitrogens with zero attached hydrogens (tertiary/aromatic N) is 4. The predicted octanol–water partition coefficient (Wildman–Crippen LogP) is 2.82. The van der Waals surface area contributed by atoms with Crippen LogP contribution >= 0.6 is 15.9 Å². The lowest BCUT2D eigenvalue weighted by atomic mass is 10.1. The van der Waals surface area contributed by atoms with Crippen molar-refractivity contribution in [1.82, 2.24) is 20.2 Å². The highest BCUT2D eigenvalue weighted by atomic mass is 79.9. The number of carbonyl (C=O) groups is 1. The van der Waals surface area contributed by atoms with Gasteiger partial charge in [0.15, 0.2) is 0 Å². The van der Waals surface area contributed by atoms with Gasteiger partial charge in [-0.05, 0) is 46.8 Å². The summed E-state index contributed by atoms with van der Waals surface area (Å²) in [4.78, 5) is 12.5. The Bertz CT molecular complexity index is 822. The van der Waals surface area contributed by atoms with Gasteiger partial charge in [0, 0.05) is 10.2 Å². The highest BCUT2D eigenvalue weighted by Crippen LogP contribution is 2.21. The number of benzene rings is 2. The molecule has 0 aliphatic carbocycles. The molecule has 0 saturated heterocycles. The first-order chi connectivity index (χ1) is 10.6. The van der Waals surface area contributed by atoms with Crippen LogP contribution in [0.2, 0.25) is 0 Å². The van der Waals surface area contributed by atoms with Crippen molar-refractivity contribution in [2.75, 3.05) is 5.32 Å². The smallest absolute Gasteiger partial charge is 0.257 e. The Kier molecular flexibility index (Phi) is 3.92. The summed E-state index contributed by atoms with van der Waals surface area (Å²) in [5, 5.41) is 13.5.